The van der Waals surface area contributed by atoms with Crippen LogP contribution in [0.1, 0.15) is 24.1 Å². The number of ether oxygens (including phenoxy) is 1. The van der Waals surface area contributed by atoms with Crippen LogP contribution in [0.5, 0.6) is 11.5 Å². The maximum Gasteiger partial charge on any atom is 0.119 e. The Morgan fingerprint density at radius 1 is 1.16 bits per heavy atom. The Balaban J connectivity index is 1.96. The van der Waals surface area contributed by atoms with Gasteiger partial charge in [0.15, 0.2) is 0 Å². The third-order valence-electron chi connectivity index (χ3n) is 3.14. The summed E-state index contributed by atoms with van der Waals surface area (Å²) in [6, 6.07) is 15.5. The third-order valence-corrected chi connectivity index (χ3v) is 3.14. The largest absolute Gasteiger partial charge is 0.508 e. The quantitative estimate of drug-likeness (QED) is 0.864. The fourth-order valence-electron chi connectivity index (χ4n) is 1.91. The molecular formula is C16H19NO2. The summed E-state index contributed by atoms with van der Waals surface area (Å²) >= 11 is 0. The van der Waals surface area contributed by atoms with Crippen molar-refractivity contribution in [1.29, 1.82) is 0 Å². The number of methoxy groups -OCH3 is 1. The lowest BCUT2D eigenvalue weighted by atomic mass is 10.1. The van der Waals surface area contributed by atoms with Crippen LogP contribution in [0.2, 0.25) is 0 Å². The molecule has 0 radical (unpaired) electrons. The van der Waals surface area contributed by atoms with Gasteiger partial charge < -0.3 is 15.2 Å². The number of nitrogens with one attached hydrogen (secondary N) is 1. The van der Waals surface area contributed by atoms with E-state index < -0.39 is 0 Å². The van der Waals surface area contributed by atoms with Crippen molar-refractivity contribution in [2.24, 2.45) is 0 Å². The van der Waals surface area contributed by atoms with Gasteiger partial charge in [-0.1, -0.05) is 24.3 Å². The van der Waals surface area contributed by atoms with Crippen LogP contribution in [0.15, 0.2) is 48.5 Å². The topological polar surface area (TPSA) is 41.5 Å². The number of hydrogen-bond donors (Lipinski definition) is 2. The molecular weight excluding hydrogens is 238 g/mol. The highest BCUT2D eigenvalue weighted by Gasteiger charge is 2.05. The minimum atomic E-state index is 0.240. The van der Waals surface area contributed by atoms with Crippen molar-refractivity contribution in [2.45, 2.75) is 19.5 Å². The number of aromatic hydroxyl groups is 1. The Kier molecular flexibility index (Phi) is 4.42. The molecule has 0 aromatic heterocycles. The standard InChI is InChI=1S/C16H19NO2/c1-12(14-4-3-5-16(10-14)19-2)17-11-13-6-8-15(18)9-7-13/h3-10,12,17-18H,11H2,1-2H3/t12-/m1/s1. The number of hydrogen-bond acceptors (Lipinski definition) is 3. The van der Waals surface area contributed by atoms with Gasteiger partial charge in [0.1, 0.15) is 11.5 Å². The minimum absolute atomic E-state index is 0.240. The second-order valence-corrected chi connectivity index (χ2v) is 4.55. The Morgan fingerprint density at radius 2 is 1.89 bits per heavy atom. The van der Waals surface area contributed by atoms with Gasteiger partial charge in [-0.15, -0.1) is 0 Å². The first-order chi connectivity index (χ1) is 9.19. The smallest absolute Gasteiger partial charge is 0.119 e. The van der Waals surface area contributed by atoms with Gasteiger partial charge in [0.05, 0.1) is 7.11 Å². The third kappa shape index (κ3) is 3.73. The highest BCUT2D eigenvalue weighted by atomic mass is 16.5. The van der Waals surface area contributed by atoms with Crippen molar-refractivity contribution >= 4 is 0 Å². The number of phenolic OH excluding ortho intramolecular Hbond substituents is 1. The first-order valence-corrected chi connectivity index (χ1v) is 6.34. The highest BCUT2D eigenvalue weighted by Crippen LogP contribution is 2.19. The fraction of sp³-hybridized carbons (Fsp3) is 0.250. The molecule has 2 N–H and O–H groups in total. The van der Waals surface area contributed by atoms with E-state index in [0.717, 1.165) is 17.9 Å². The summed E-state index contributed by atoms with van der Waals surface area (Å²) < 4.78 is 5.23. The van der Waals surface area contributed by atoms with Gasteiger partial charge >= 0.3 is 0 Å². The van der Waals surface area contributed by atoms with Crippen molar-refractivity contribution in [3.05, 3.63) is 59.7 Å². The summed E-state index contributed by atoms with van der Waals surface area (Å²) in [7, 11) is 1.67. The number of rotatable bonds is 5. The molecule has 19 heavy (non-hydrogen) atoms. The number of phenols is 1. The van der Waals surface area contributed by atoms with Crippen LogP contribution in [0.4, 0.5) is 0 Å². The first-order valence-electron chi connectivity index (χ1n) is 6.34. The molecule has 1 atom stereocenters. The van der Waals surface area contributed by atoms with Crippen LogP contribution in [0.25, 0.3) is 0 Å². The van der Waals surface area contributed by atoms with E-state index >= 15 is 0 Å². The average molecular weight is 257 g/mol. The summed E-state index contributed by atoms with van der Waals surface area (Å²) in [5.41, 5.74) is 2.34. The van der Waals surface area contributed by atoms with Crippen LogP contribution >= 0.6 is 0 Å². The summed E-state index contributed by atoms with van der Waals surface area (Å²) in [5, 5.41) is 12.7. The van der Waals surface area contributed by atoms with Crippen LogP contribution in [0, 0.1) is 0 Å². The predicted molar refractivity (Wildman–Crippen MR) is 76.4 cm³/mol. The molecule has 0 amide bonds. The zero-order valence-electron chi connectivity index (χ0n) is 11.3. The van der Waals surface area contributed by atoms with Gasteiger partial charge in [-0.25, -0.2) is 0 Å². The molecule has 0 fully saturated rings. The normalized spacial score (nSPS) is 12.1. The molecule has 0 saturated heterocycles. The van der Waals surface area contributed by atoms with Crippen molar-refractivity contribution in [1.82, 2.24) is 5.32 Å². The molecule has 0 spiro atoms. The van der Waals surface area contributed by atoms with E-state index in [1.165, 1.54) is 5.56 Å². The van der Waals surface area contributed by atoms with Crippen LogP contribution in [0.3, 0.4) is 0 Å². The molecule has 0 bridgehead atoms. The lowest BCUT2D eigenvalue weighted by Gasteiger charge is -2.15. The molecule has 3 heteroatoms. The molecule has 0 aliphatic carbocycles. The molecule has 0 aliphatic rings. The highest BCUT2D eigenvalue weighted by molar-refractivity contribution is 5.30. The van der Waals surface area contributed by atoms with E-state index in [0.29, 0.717) is 5.75 Å². The van der Waals surface area contributed by atoms with Crippen molar-refractivity contribution in [3.63, 3.8) is 0 Å². The zero-order valence-corrected chi connectivity index (χ0v) is 11.3. The Hall–Kier alpha value is -2.00. The summed E-state index contributed by atoms with van der Waals surface area (Å²) in [6.45, 7) is 2.88. The van der Waals surface area contributed by atoms with Crippen molar-refractivity contribution in [3.8, 4) is 11.5 Å². The van der Waals surface area contributed by atoms with Crippen LogP contribution < -0.4 is 10.1 Å². The zero-order chi connectivity index (χ0) is 13.7. The van der Waals surface area contributed by atoms with E-state index in [2.05, 4.69) is 18.3 Å². The van der Waals surface area contributed by atoms with E-state index in [-0.39, 0.29) is 6.04 Å². The Bertz CT molecular complexity index is 523. The van der Waals surface area contributed by atoms with Crippen molar-refractivity contribution < 1.29 is 9.84 Å². The Labute approximate surface area is 113 Å². The Morgan fingerprint density at radius 3 is 2.58 bits per heavy atom. The van der Waals surface area contributed by atoms with Crippen LogP contribution in [-0.4, -0.2) is 12.2 Å². The lowest BCUT2D eigenvalue weighted by Crippen LogP contribution is -2.18. The minimum Gasteiger partial charge on any atom is -0.508 e. The molecule has 0 saturated carbocycles. The lowest BCUT2D eigenvalue weighted by molar-refractivity contribution is 0.413. The fourth-order valence-corrected chi connectivity index (χ4v) is 1.91. The van der Waals surface area contributed by atoms with Gasteiger partial charge in [-0.2, -0.15) is 0 Å². The maximum atomic E-state index is 9.24. The average Bonchev–Trinajstić information content (AvgIpc) is 2.46. The molecule has 2 aromatic carbocycles. The van der Waals surface area contributed by atoms with Gasteiger partial charge in [0.2, 0.25) is 0 Å². The summed E-state index contributed by atoms with van der Waals surface area (Å²) in [5.74, 6) is 1.17. The van der Waals surface area contributed by atoms with E-state index in [1.807, 2.05) is 30.3 Å². The maximum absolute atomic E-state index is 9.24. The van der Waals surface area contributed by atoms with Gasteiger partial charge in [-0.05, 0) is 42.3 Å². The molecule has 100 valence electrons. The molecule has 2 rings (SSSR count). The molecule has 0 heterocycles. The van der Waals surface area contributed by atoms with Crippen molar-refractivity contribution in [2.75, 3.05) is 7.11 Å². The first kappa shape index (κ1) is 13.4. The summed E-state index contributed by atoms with van der Waals surface area (Å²) in [6.07, 6.45) is 0. The monoisotopic (exact) mass is 257 g/mol. The van der Waals surface area contributed by atoms with Crippen LogP contribution in [-0.2, 0) is 6.54 Å². The molecule has 0 unspecified atom stereocenters. The number of benzene rings is 2. The molecule has 3 nitrogen and oxygen atoms in total. The summed E-state index contributed by atoms with van der Waals surface area (Å²) in [4.78, 5) is 0. The van der Waals surface area contributed by atoms with Gasteiger partial charge in [-0.3, -0.25) is 0 Å². The van der Waals surface area contributed by atoms with E-state index in [9.17, 15) is 5.11 Å². The predicted octanol–water partition coefficient (Wildman–Crippen LogP) is 3.25. The van der Waals surface area contributed by atoms with E-state index in [4.69, 9.17) is 4.74 Å². The molecule has 2 aromatic rings. The van der Waals surface area contributed by atoms with Gasteiger partial charge in [0, 0.05) is 12.6 Å². The SMILES string of the molecule is COc1cccc([C@@H](C)NCc2ccc(O)cc2)c1. The second kappa shape index (κ2) is 6.25. The molecule has 0 aliphatic heterocycles. The second-order valence-electron chi connectivity index (χ2n) is 4.55. The van der Waals surface area contributed by atoms with Gasteiger partial charge in [0.25, 0.3) is 0 Å². The van der Waals surface area contributed by atoms with E-state index in [1.54, 1.807) is 19.2 Å².